The van der Waals surface area contributed by atoms with Gasteiger partial charge in [0.05, 0.1) is 7.11 Å². The summed E-state index contributed by atoms with van der Waals surface area (Å²) < 4.78 is 10.9. The van der Waals surface area contributed by atoms with E-state index in [1.807, 2.05) is 42.5 Å². The van der Waals surface area contributed by atoms with Crippen LogP contribution in [0.4, 0.5) is 10.5 Å². The van der Waals surface area contributed by atoms with Crippen LogP contribution in [-0.4, -0.2) is 13.2 Å². The van der Waals surface area contributed by atoms with E-state index in [1.165, 1.54) is 31.2 Å². The molecule has 0 saturated heterocycles. The Kier molecular flexibility index (Phi) is 4.35. The van der Waals surface area contributed by atoms with Crippen LogP contribution in [0.15, 0.2) is 48.5 Å². The summed E-state index contributed by atoms with van der Waals surface area (Å²) in [7, 11) is 1.61. The van der Waals surface area contributed by atoms with Crippen LogP contribution in [0.5, 0.6) is 11.5 Å². The van der Waals surface area contributed by atoms with E-state index in [9.17, 15) is 4.79 Å². The Hall–Kier alpha value is -2.49. The van der Waals surface area contributed by atoms with E-state index in [2.05, 4.69) is 11.4 Å². The number of hydrogen-bond donors (Lipinski definition) is 1. The molecule has 2 bridgehead atoms. The molecule has 3 atom stereocenters. The molecule has 2 saturated carbocycles. The third kappa shape index (κ3) is 3.34. The fourth-order valence-electron chi connectivity index (χ4n) is 4.42. The average Bonchev–Trinajstić information content (AvgIpc) is 3.26. The molecular formula is C21H23NO3. The van der Waals surface area contributed by atoms with Crippen molar-refractivity contribution < 1.29 is 14.3 Å². The summed E-state index contributed by atoms with van der Waals surface area (Å²) in [6, 6.07) is 15.2. The highest BCUT2D eigenvalue weighted by atomic mass is 16.6. The molecule has 3 unspecified atom stereocenters. The summed E-state index contributed by atoms with van der Waals surface area (Å²) in [5.41, 5.74) is 2.00. The average molecular weight is 337 g/mol. The van der Waals surface area contributed by atoms with Gasteiger partial charge >= 0.3 is 6.09 Å². The molecule has 130 valence electrons. The standard InChI is InChI=1S/C21H23NO3/c1-24-20-13-16(18-12-14-7-8-15(18)11-14)9-10-19(20)25-21(23)22-17-5-3-2-4-6-17/h2-6,9-10,13-15,18H,7-8,11-12H2,1H3,(H,22,23). The number of rotatable bonds is 4. The quantitative estimate of drug-likeness (QED) is 0.833. The lowest BCUT2D eigenvalue weighted by molar-refractivity contribution is 0.213. The van der Waals surface area contributed by atoms with Crippen LogP contribution in [-0.2, 0) is 0 Å². The number of methoxy groups -OCH3 is 1. The van der Waals surface area contributed by atoms with Crippen molar-refractivity contribution in [3.8, 4) is 11.5 Å². The van der Waals surface area contributed by atoms with E-state index in [-0.39, 0.29) is 0 Å². The van der Waals surface area contributed by atoms with E-state index < -0.39 is 6.09 Å². The van der Waals surface area contributed by atoms with Gasteiger partial charge in [-0.3, -0.25) is 5.32 Å². The third-order valence-electron chi connectivity index (χ3n) is 5.58. The van der Waals surface area contributed by atoms with Crippen LogP contribution < -0.4 is 14.8 Å². The Morgan fingerprint density at radius 3 is 2.56 bits per heavy atom. The molecule has 4 heteroatoms. The lowest BCUT2D eigenvalue weighted by Crippen LogP contribution is -2.17. The van der Waals surface area contributed by atoms with Crippen molar-refractivity contribution in [1.82, 2.24) is 0 Å². The van der Waals surface area contributed by atoms with Crippen molar-refractivity contribution in [2.45, 2.75) is 31.6 Å². The molecular weight excluding hydrogens is 314 g/mol. The van der Waals surface area contributed by atoms with Gasteiger partial charge in [0.15, 0.2) is 11.5 Å². The summed E-state index contributed by atoms with van der Waals surface area (Å²) >= 11 is 0. The molecule has 2 aliphatic rings. The van der Waals surface area contributed by atoms with Crippen LogP contribution >= 0.6 is 0 Å². The maximum atomic E-state index is 12.1. The second-order valence-corrected chi connectivity index (χ2v) is 7.07. The second kappa shape index (κ2) is 6.79. The number of fused-ring (bicyclic) bond motifs is 2. The highest BCUT2D eigenvalue weighted by Crippen LogP contribution is 2.53. The van der Waals surface area contributed by atoms with Gasteiger partial charge in [0.2, 0.25) is 0 Å². The molecule has 4 rings (SSSR count). The largest absolute Gasteiger partial charge is 0.493 e. The summed E-state index contributed by atoms with van der Waals surface area (Å²) in [6.07, 6.45) is 4.86. The van der Waals surface area contributed by atoms with Gasteiger partial charge in [0.1, 0.15) is 0 Å². The third-order valence-corrected chi connectivity index (χ3v) is 5.58. The molecule has 25 heavy (non-hydrogen) atoms. The number of amides is 1. The first kappa shape index (κ1) is 16.0. The minimum Gasteiger partial charge on any atom is -0.493 e. The number of anilines is 1. The number of benzene rings is 2. The highest BCUT2D eigenvalue weighted by Gasteiger charge is 2.40. The number of ether oxygens (including phenoxy) is 2. The Morgan fingerprint density at radius 1 is 1.04 bits per heavy atom. The van der Waals surface area contributed by atoms with Crippen LogP contribution in [0.3, 0.4) is 0 Å². The molecule has 2 fully saturated rings. The topological polar surface area (TPSA) is 47.6 Å². The Balaban J connectivity index is 1.47. The minimum absolute atomic E-state index is 0.447. The van der Waals surface area contributed by atoms with Gasteiger partial charge in [-0.2, -0.15) is 0 Å². The summed E-state index contributed by atoms with van der Waals surface area (Å²) in [6.45, 7) is 0. The number of carbonyl (C=O) groups excluding carboxylic acids is 1. The van der Waals surface area contributed by atoms with Crippen molar-refractivity contribution in [3.63, 3.8) is 0 Å². The molecule has 0 heterocycles. The van der Waals surface area contributed by atoms with Crippen LogP contribution in [0.25, 0.3) is 0 Å². The predicted octanol–water partition coefficient (Wildman–Crippen LogP) is 5.21. The Bertz CT molecular complexity index is 759. The van der Waals surface area contributed by atoms with Gasteiger partial charge in [0, 0.05) is 5.69 Å². The first-order chi connectivity index (χ1) is 12.2. The monoisotopic (exact) mass is 337 g/mol. The molecule has 0 radical (unpaired) electrons. The molecule has 2 aromatic rings. The molecule has 0 aliphatic heterocycles. The SMILES string of the molecule is COc1cc(C2CC3CCC2C3)ccc1OC(=O)Nc1ccccc1. The van der Waals surface area contributed by atoms with Crippen molar-refractivity contribution in [2.24, 2.45) is 11.8 Å². The zero-order valence-electron chi connectivity index (χ0n) is 14.4. The number of carbonyl (C=O) groups is 1. The lowest BCUT2D eigenvalue weighted by atomic mass is 9.83. The van der Waals surface area contributed by atoms with Crippen molar-refractivity contribution in [2.75, 3.05) is 12.4 Å². The lowest BCUT2D eigenvalue weighted by Gasteiger charge is -2.23. The van der Waals surface area contributed by atoms with E-state index in [0.29, 0.717) is 23.1 Å². The van der Waals surface area contributed by atoms with Gasteiger partial charge in [-0.15, -0.1) is 0 Å². The summed E-state index contributed by atoms with van der Waals surface area (Å²) in [4.78, 5) is 12.1. The van der Waals surface area contributed by atoms with E-state index in [1.54, 1.807) is 7.11 Å². The molecule has 2 aliphatic carbocycles. The summed E-state index contributed by atoms with van der Waals surface area (Å²) in [5, 5.41) is 2.72. The molecule has 0 aromatic heterocycles. The zero-order chi connectivity index (χ0) is 17.2. The van der Waals surface area contributed by atoms with Gasteiger partial charge in [-0.25, -0.2) is 4.79 Å². The van der Waals surface area contributed by atoms with Gasteiger partial charge < -0.3 is 9.47 Å². The van der Waals surface area contributed by atoms with Crippen molar-refractivity contribution >= 4 is 11.8 Å². The molecule has 1 N–H and O–H groups in total. The Labute approximate surface area is 148 Å². The molecule has 1 amide bonds. The van der Waals surface area contributed by atoms with Crippen LogP contribution in [0.1, 0.15) is 37.2 Å². The molecule has 2 aromatic carbocycles. The highest BCUT2D eigenvalue weighted by molar-refractivity contribution is 5.86. The zero-order valence-corrected chi connectivity index (χ0v) is 14.4. The number of hydrogen-bond acceptors (Lipinski definition) is 3. The maximum Gasteiger partial charge on any atom is 0.417 e. The number of nitrogens with one attached hydrogen (secondary N) is 1. The van der Waals surface area contributed by atoms with Gasteiger partial charge in [-0.1, -0.05) is 30.7 Å². The van der Waals surface area contributed by atoms with Crippen LogP contribution in [0.2, 0.25) is 0 Å². The maximum absolute atomic E-state index is 12.1. The normalized spacial score (nSPS) is 24.1. The second-order valence-electron chi connectivity index (χ2n) is 7.07. The summed E-state index contributed by atoms with van der Waals surface area (Å²) in [5.74, 6) is 3.39. The fourth-order valence-corrected chi connectivity index (χ4v) is 4.42. The van der Waals surface area contributed by atoms with Crippen LogP contribution in [0, 0.1) is 11.8 Å². The minimum atomic E-state index is -0.517. The Morgan fingerprint density at radius 2 is 1.88 bits per heavy atom. The fraction of sp³-hybridized carbons (Fsp3) is 0.381. The number of para-hydroxylation sites is 1. The van der Waals surface area contributed by atoms with Crippen molar-refractivity contribution in [1.29, 1.82) is 0 Å². The smallest absolute Gasteiger partial charge is 0.417 e. The van der Waals surface area contributed by atoms with E-state index >= 15 is 0 Å². The molecule has 4 nitrogen and oxygen atoms in total. The van der Waals surface area contributed by atoms with Gasteiger partial charge in [0.25, 0.3) is 0 Å². The predicted molar refractivity (Wildman–Crippen MR) is 97.3 cm³/mol. The van der Waals surface area contributed by atoms with Gasteiger partial charge in [-0.05, 0) is 66.8 Å². The first-order valence-electron chi connectivity index (χ1n) is 8.94. The van der Waals surface area contributed by atoms with E-state index in [4.69, 9.17) is 9.47 Å². The first-order valence-corrected chi connectivity index (χ1v) is 8.94. The van der Waals surface area contributed by atoms with Crippen molar-refractivity contribution in [3.05, 3.63) is 54.1 Å². The van der Waals surface area contributed by atoms with E-state index in [0.717, 1.165) is 11.8 Å². The molecule has 0 spiro atoms.